The fraction of sp³-hybridized carbons (Fsp3) is 0.567. The molecule has 5 atom stereocenters. The van der Waals surface area contributed by atoms with Gasteiger partial charge in [-0.3, -0.25) is 14.4 Å². The molecule has 3 heterocycles. The van der Waals surface area contributed by atoms with Crippen molar-refractivity contribution >= 4 is 29.5 Å². The summed E-state index contributed by atoms with van der Waals surface area (Å²) in [5.41, 5.74) is 1.03. The Morgan fingerprint density at radius 3 is 2.50 bits per heavy atom. The number of fused-ring (bicyclic) bond motifs is 1. The Kier molecular flexibility index (Phi) is 9.36. The SMILES string of the molecule is C=CCN(C)C(=O)[C@@H]1[C@H]2C(=O)N(CCCCCCO)C(C(=O)N(CC=C)Cc3ccccc3)C23CC[C@H]1S3. The number of thioether (sulfide) groups is 1. The number of hydrogen-bond donors (Lipinski definition) is 1. The number of aliphatic hydroxyl groups is 1. The van der Waals surface area contributed by atoms with Crippen molar-refractivity contribution in [3.8, 4) is 0 Å². The Morgan fingerprint density at radius 2 is 1.82 bits per heavy atom. The standard InChI is InChI=1S/C30H41N3O4S/c1-4-17-31(3)27(35)24-23-15-16-30(38-23)25(24)28(36)33(19-11-6-7-12-20-34)26(30)29(37)32(18-5-2)21-22-13-9-8-10-14-22/h4-5,8-10,13-14,23-26,34H,1-2,6-7,11-12,15-21H2,3H3/t23-,24+,25+,26?,30?/m1/s1. The minimum atomic E-state index is -0.598. The summed E-state index contributed by atoms with van der Waals surface area (Å²) < 4.78 is -0.588. The van der Waals surface area contributed by atoms with Crippen molar-refractivity contribution in [3.05, 3.63) is 61.2 Å². The van der Waals surface area contributed by atoms with Crippen LogP contribution in [0.5, 0.6) is 0 Å². The van der Waals surface area contributed by atoms with Crippen molar-refractivity contribution in [2.45, 2.75) is 61.1 Å². The highest BCUT2D eigenvalue weighted by Crippen LogP contribution is 2.66. The first-order valence-corrected chi connectivity index (χ1v) is 14.7. The van der Waals surface area contributed by atoms with E-state index in [0.29, 0.717) is 26.2 Å². The maximum Gasteiger partial charge on any atom is 0.247 e. The van der Waals surface area contributed by atoms with E-state index in [1.165, 1.54) is 0 Å². The molecule has 1 aromatic rings. The van der Waals surface area contributed by atoms with Crippen molar-refractivity contribution in [3.63, 3.8) is 0 Å². The van der Waals surface area contributed by atoms with Crippen LogP contribution in [0.1, 0.15) is 44.1 Å². The second kappa shape index (κ2) is 12.5. The van der Waals surface area contributed by atoms with Crippen LogP contribution in [0.15, 0.2) is 55.6 Å². The van der Waals surface area contributed by atoms with Gasteiger partial charge in [-0.1, -0.05) is 55.3 Å². The summed E-state index contributed by atoms with van der Waals surface area (Å²) in [6.07, 6.45) is 8.29. The van der Waals surface area contributed by atoms with Crippen molar-refractivity contribution in [2.24, 2.45) is 11.8 Å². The monoisotopic (exact) mass is 539 g/mol. The minimum Gasteiger partial charge on any atom is -0.396 e. The second-order valence-corrected chi connectivity index (χ2v) is 12.3. The van der Waals surface area contributed by atoms with Gasteiger partial charge in [-0.2, -0.15) is 0 Å². The first-order valence-electron chi connectivity index (χ1n) is 13.8. The zero-order valence-corrected chi connectivity index (χ0v) is 23.3. The largest absolute Gasteiger partial charge is 0.396 e. The molecule has 7 nitrogen and oxygen atoms in total. The molecule has 38 heavy (non-hydrogen) atoms. The predicted octanol–water partition coefficient (Wildman–Crippen LogP) is 3.49. The molecule has 1 aromatic carbocycles. The number of amides is 3. The van der Waals surface area contributed by atoms with Gasteiger partial charge in [0, 0.05) is 45.1 Å². The van der Waals surface area contributed by atoms with Gasteiger partial charge in [0.05, 0.1) is 16.6 Å². The van der Waals surface area contributed by atoms with Gasteiger partial charge in [0.1, 0.15) is 6.04 Å². The number of likely N-dealkylation sites (N-methyl/N-ethyl adjacent to an activating group) is 1. The number of likely N-dealkylation sites (tertiary alicyclic amines) is 1. The average Bonchev–Trinajstić information content (AvgIpc) is 3.56. The van der Waals surface area contributed by atoms with Crippen molar-refractivity contribution in [2.75, 3.05) is 33.3 Å². The Bertz CT molecular complexity index is 1030. The molecule has 206 valence electrons. The molecule has 3 saturated heterocycles. The molecule has 0 saturated carbocycles. The third kappa shape index (κ3) is 5.30. The van der Waals surface area contributed by atoms with Crippen molar-refractivity contribution < 1.29 is 19.5 Å². The zero-order valence-electron chi connectivity index (χ0n) is 22.5. The molecule has 3 fully saturated rings. The van der Waals surface area contributed by atoms with E-state index in [1.54, 1.807) is 40.8 Å². The molecule has 2 bridgehead atoms. The van der Waals surface area contributed by atoms with E-state index in [0.717, 1.165) is 44.1 Å². The van der Waals surface area contributed by atoms with Crippen LogP contribution in [0.4, 0.5) is 0 Å². The molecule has 1 N–H and O–H groups in total. The summed E-state index contributed by atoms with van der Waals surface area (Å²) in [5.74, 6) is -1.03. The van der Waals surface area contributed by atoms with Gasteiger partial charge >= 0.3 is 0 Å². The zero-order chi connectivity index (χ0) is 27.3. The topological polar surface area (TPSA) is 81.2 Å². The lowest BCUT2D eigenvalue weighted by molar-refractivity contribution is -0.144. The highest BCUT2D eigenvalue weighted by molar-refractivity contribution is 8.02. The van der Waals surface area contributed by atoms with Gasteiger partial charge in [0.2, 0.25) is 17.7 Å². The third-order valence-electron chi connectivity index (χ3n) is 8.28. The number of carbonyl (C=O) groups excluding carboxylic acids is 3. The van der Waals surface area contributed by atoms with Crippen LogP contribution in [0, 0.1) is 11.8 Å². The van der Waals surface area contributed by atoms with Crippen LogP contribution < -0.4 is 0 Å². The Hall–Kier alpha value is -2.58. The van der Waals surface area contributed by atoms with Gasteiger partial charge in [-0.25, -0.2) is 0 Å². The van der Waals surface area contributed by atoms with Crippen LogP contribution in [0.25, 0.3) is 0 Å². The quantitative estimate of drug-likeness (QED) is 0.289. The molecule has 0 radical (unpaired) electrons. The number of unbranched alkanes of at least 4 members (excludes halogenated alkanes) is 3. The molecule has 2 unspecified atom stereocenters. The number of carbonyl (C=O) groups is 3. The van der Waals surface area contributed by atoms with E-state index in [-0.39, 0.29) is 29.6 Å². The maximum atomic E-state index is 14.4. The van der Waals surface area contributed by atoms with Crippen LogP contribution in [0.3, 0.4) is 0 Å². The lowest BCUT2D eigenvalue weighted by Gasteiger charge is -2.37. The van der Waals surface area contributed by atoms with Crippen LogP contribution in [-0.4, -0.2) is 86.9 Å². The smallest absolute Gasteiger partial charge is 0.247 e. The molecule has 3 aliphatic rings. The summed E-state index contributed by atoms with van der Waals surface area (Å²) in [6, 6.07) is 9.28. The fourth-order valence-electron chi connectivity index (χ4n) is 6.61. The molecule has 0 aromatic heterocycles. The molecular weight excluding hydrogens is 498 g/mol. The molecule has 3 amide bonds. The van der Waals surface area contributed by atoms with E-state index in [4.69, 9.17) is 5.11 Å². The second-order valence-electron chi connectivity index (χ2n) is 10.7. The fourth-order valence-corrected chi connectivity index (χ4v) is 8.81. The average molecular weight is 540 g/mol. The molecule has 8 heteroatoms. The first-order chi connectivity index (χ1) is 18.4. The van der Waals surface area contributed by atoms with Crippen molar-refractivity contribution in [1.82, 2.24) is 14.7 Å². The summed E-state index contributed by atoms with van der Waals surface area (Å²) in [6.45, 7) is 9.56. The molecule has 0 aliphatic carbocycles. The summed E-state index contributed by atoms with van der Waals surface area (Å²) in [4.78, 5) is 47.4. The van der Waals surface area contributed by atoms with Gasteiger partial charge in [-0.05, 0) is 31.2 Å². The molecule has 3 aliphatic heterocycles. The highest BCUT2D eigenvalue weighted by atomic mass is 32.2. The minimum absolute atomic E-state index is 0.0226. The normalized spacial score (nSPS) is 27.3. The van der Waals surface area contributed by atoms with E-state index >= 15 is 0 Å². The molecular formula is C30H41N3O4S. The summed E-state index contributed by atoms with van der Waals surface area (Å²) in [7, 11) is 1.76. The van der Waals surface area contributed by atoms with Gasteiger partial charge in [0.15, 0.2) is 0 Å². The van der Waals surface area contributed by atoms with Crippen molar-refractivity contribution in [1.29, 1.82) is 0 Å². The van der Waals surface area contributed by atoms with Gasteiger partial charge in [0.25, 0.3) is 0 Å². The Labute approximate surface area is 230 Å². The third-order valence-corrected chi connectivity index (χ3v) is 10.2. The Morgan fingerprint density at radius 1 is 1.11 bits per heavy atom. The summed E-state index contributed by atoms with van der Waals surface area (Å²) >= 11 is 1.71. The van der Waals surface area contributed by atoms with Gasteiger partial charge < -0.3 is 19.8 Å². The highest BCUT2D eigenvalue weighted by Gasteiger charge is 2.73. The lowest BCUT2D eigenvalue weighted by atomic mass is 9.70. The maximum absolute atomic E-state index is 14.4. The predicted molar refractivity (Wildman–Crippen MR) is 151 cm³/mol. The van der Waals surface area contributed by atoms with Gasteiger partial charge in [-0.15, -0.1) is 24.9 Å². The van der Waals surface area contributed by atoms with E-state index in [2.05, 4.69) is 13.2 Å². The van der Waals surface area contributed by atoms with E-state index in [1.807, 2.05) is 35.2 Å². The lowest BCUT2D eigenvalue weighted by Crippen LogP contribution is -2.54. The number of aliphatic hydroxyl groups excluding tert-OH is 1. The van der Waals surface area contributed by atoms with E-state index in [9.17, 15) is 14.4 Å². The van der Waals surface area contributed by atoms with E-state index < -0.39 is 22.6 Å². The first kappa shape index (κ1) is 28.4. The number of benzene rings is 1. The van der Waals surface area contributed by atoms with Crippen LogP contribution in [-0.2, 0) is 20.9 Å². The van der Waals surface area contributed by atoms with Crippen LogP contribution >= 0.6 is 11.8 Å². The molecule has 4 rings (SSSR count). The molecule has 1 spiro atoms. The summed E-state index contributed by atoms with van der Waals surface area (Å²) in [5, 5.41) is 9.19. The van der Waals surface area contributed by atoms with Crippen LogP contribution in [0.2, 0.25) is 0 Å². The Balaban J connectivity index is 1.66. The number of nitrogens with zero attached hydrogens (tertiary/aromatic N) is 3. The number of rotatable bonds is 14. The number of hydrogen-bond acceptors (Lipinski definition) is 5.